The molecule has 1 aliphatic heterocycles. The molecule has 5 rings (SSSR count). The van der Waals surface area contributed by atoms with E-state index in [1.807, 2.05) is 29.0 Å². The van der Waals surface area contributed by atoms with Crippen LogP contribution < -0.4 is 10.6 Å². The standard InChI is InChI=1S/C26H33ClN6O/c1-18-14-32(15-19(2)31-18)26(10-4-3-5-11-26)17-30-24(34)20-16-33(25-28-12-7-13-29-25)22-9-6-8-21(27)23(20)22/h6-9,12-13,16,18-19,31H,3-5,10-11,14-15,17H2,1-2H3,(H,30,34)/t18-,19+. The Hall–Kier alpha value is -2.48. The highest BCUT2D eigenvalue weighted by atomic mass is 35.5. The van der Waals surface area contributed by atoms with Crippen molar-refractivity contribution < 1.29 is 4.79 Å². The lowest BCUT2D eigenvalue weighted by Crippen LogP contribution is -2.65. The number of nitrogens with zero attached hydrogens (tertiary/aromatic N) is 4. The molecule has 1 aromatic carbocycles. The number of amides is 1. The van der Waals surface area contributed by atoms with Crippen molar-refractivity contribution in [3.8, 4) is 5.95 Å². The zero-order valence-corrected chi connectivity index (χ0v) is 20.7. The summed E-state index contributed by atoms with van der Waals surface area (Å²) in [4.78, 5) is 25.0. The first-order chi connectivity index (χ1) is 16.5. The third-order valence-electron chi connectivity index (χ3n) is 7.38. The van der Waals surface area contributed by atoms with E-state index in [0.29, 0.717) is 35.2 Å². The normalized spacial score (nSPS) is 23.1. The van der Waals surface area contributed by atoms with Crippen molar-refractivity contribution >= 4 is 28.4 Å². The smallest absolute Gasteiger partial charge is 0.253 e. The molecular weight excluding hydrogens is 448 g/mol. The van der Waals surface area contributed by atoms with Crippen molar-refractivity contribution in [2.75, 3.05) is 19.6 Å². The van der Waals surface area contributed by atoms with Gasteiger partial charge >= 0.3 is 0 Å². The molecule has 0 unspecified atom stereocenters. The topological polar surface area (TPSA) is 75.1 Å². The molecule has 2 aliphatic rings. The Morgan fingerprint density at radius 3 is 2.53 bits per heavy atom. The molecule has 7 nitrogen and oxygen atoms in total. The van der Waals surface area contributed by atoms with Crippen LogP contribution in [0.5, 0.6) is 0 Å². The summed E-state index contributed by atoms with van der Waals surface area (Å²) in [6.45, 7) is 7.16. The molecule has 3 heterocycles. The lowest BCUT2D eigenvalue weighted by molar-refractivity contribution is 0.0153. The minimum atomic E-state index is -0.103. The highest BCUT2D eigenvalue weighted by molar-refractivity contribution is 6.37. The van der Waals surface area contributed by atoms with Crippen molar-refractivity contribution in [2.24, 2.45) is 0 Å². The summed E-state index contributed by atoms with van der Waals surface area (Å²) in [6.07, 6.45) is 11.1. The molecule has 2 atom stereocenters. The average molecular weight is 481 g/mol. The summed E-state index contributed by atoms with van der Waals surface area (Å²) < 4.78 is 1.84. The molecule has 1 saturated heterocycles. The summed E-state index contributed by atoms with van der Waals surface area (Å²) in [7, 11) is 0. The molecule has 0 radical (unpaired) electrons. The van der Waals surface area contributed by atoms with Crippen molar-refractivity contribution in [3.05, 3.63) is 53.4 Å². The van der Waals surface area contributed by atoms with Crippen molar-refractivity contribution in [2.45, 2.75) is 63.6 Å². The maximum atomic E-state index is 13.6. The summed E-state index contributed by atoms with van der Waals surface area (Å²) in [5.41, 5.74) is 1.38. The van der Waals surface area contributed by atoms with Gasteiger partial charge in [0.25, 0.3) is 5.91 Å². The largest absolute Gasteiger partial charge is 0.350 e. The maximum absolute atomic E-state index is 13.6. The van der Waals surface area contributed by atoms with Crippen LogP contribution >= 0.6 is 11.6 Å². The fraction of sp³-hybridized carbons (Fsp3) is 0.500. The van der Waals surface area contributed by atoms with Gasteiger partial charge in [-0.05, 0) is 44.9 Å². The quantitative estimate of drug-likeness (QED) is 0.572. The van der Waals surface area contributed by atoms with Gasteiger partial charge in [-0.3, -0.25) is 14.3 Å². The molecule has 2 N–H and O–H groups in total. The van der Waals surface area contributed by atoms with Crippen molar-refractivity contribution in [3.63, 3.8) is 0 Å². The van der Waals surface area contributed by atoms with Crippen LogP contribution in [0.2, 0.25) is 5.02 Å². The van der Waals surface area contributed by atoms with Crippen LogP contribution in [0.15, 0.2) is 42.9 Å². The average Bonchev–Trinajstić information content (AvgIpc) is 3.24. The van der Waals surface area contributed by atoms with Crippen LogP contribution in [0.1, 0.15) is 56.3 Å². The Balaban J connectivity index is 1.44. The first kappa shape index (κ1) is 23.3. The van der Waals surface area contributed by atoms with E-state index in [1.54, 1.807) is 18.5 Å². The molecule has 180 valence electrons. The lowest BCUT2D eigenvalue weighted by Gasteiger charge is -2.51. The van der Waals surface area contributed by atoms with Crippen LogP contribution in [0.4, 0.5) is 0 Å². The fourth-order valence-corrected chi connectivity index (χ4v) is 6.14. The summed E-state index contributed by atoms with van der Waals surface area (Å²) in [6, 6.07) is 8.32. The zero-order valence-electron chi connectivity index (χ0n) is 19.9. The second-order valence-corrected chi connectivity index (χ2v) is 10.3. The number of halogens is 1. The molecule has 1 amide bonds. The highest BCUT2D eigenvalue weighted by Gasteiger charge is 2.41. The van der Waals surface area contributed by atoms with E-state index in [4.69, 9.17) is 11.6 Å². The van der Waals surface area contributed by atoms with Gasteiger partial charge in [0.1, 0.15) is 0 Å². The summed E-state index contributed by atoms with van der Waals surface area (Å²) in [5, 5.41) is 8.23. The maximum Gasteiger partial charge on any atom is 0.253 e. The number of benzene rings is 1. The van der Waals surface area contributed by atoms with E-state index in [0.717, 1.165) is 36.8 Å². The fourth-order valence-electron chi connectivity index (χ4n) is 5.87. The molecule has 8 heteroatoms. The van der Waals surface area contributed by atoms with Gasteiger partial charge in [-0.25, -0.2) is 9.97 Å². The van der Waals surface area contributed by atoms with Crippen LogP contribution in [-0.2, 0) is 0 Å². The SMILES string of the molecule is C[C@@H]1CN(C2(CNC(=O)c3cn(-c4ncccn4)c4cccc(Cl)c34)CCCCC2)C[C@H](C)N1. The molecule has 0 bridgehead atoms. The zero-order chi connectivity index (χ0) is 23.7. The Labute approximate surface area is 205 Å². The number of carbonyl (C=O) groups excluding carboxylic acids is 1. The highest BCUT2D eigenvalue weighted by Crippen LogP contribution is 2.35. The second kappa shape index (κ2) is 9.64. The van der Waals surface area contributed by atoms with Gasteiger partial charge in [0.15, 0.2) is 0 Å². The van der Waals surface area contributed by atoms with E-state index < -0.39 is 0 Å². The number of nitrogens with one attached hydrogen (secondary N) is 2. The molecule has 1 saturated carbocycles. The number of piperazine rings is 1. The van der Waals surface area contributed by atoms with Gasteiger partial charge in [0, 0.05) is 61.2 Å². The van der Waals surface area contributed by atoms with Crippen LogP contribution in [-0.4, -0.2) is 62.6 Å². The Morgan fingerprint density at radius 1 is 1.12 bits per heavy atom. The molecule has 2 fully saturated rings. The number of hydrogen-bond donors (Lipinski definition) is 2. The first-order valence-electron chi connectivity index (χ1n) is 12.3. The molecule has 2 aromatic heterocycles. The van der Waals surface area contributed by atoms with E-state index in [-0.39, 0.29) is 11.4 Å². The van der Waals surface area contributed by atoms with Gasteiger partial charge in [0.2, 0.25) is 5.95 Å². The molecule has 34 heavy (non-hydrogen) atoms. The van der Waals surface area contributed by atoms with Crippen LogP contribution in [0.3, 0.4) is 0 Å². The number of rotatable bonds is 5. The predicted octanol–water partition coefficient (Wildman–Crippen LogP) is 4.19. The Morgan fingerprint density at radius 2 is 1.82 bits per heavy atom. The number of carbonyl (C=O) groups is 1. The molecule has 0 spiro atoms. The third kappa shape index (κ3) is 4.44. The van der Waals surface area contributed by atoms with Crippen LogP contribution in [0, 0.1) is 0 Å². The third-order valence-corrected chi connectivity index (χ3v) is 7.70. The van der Waals surface area contributed by atoms with Gasteiger partial charge in [-0.15, -0.1) is 0 Å². The first-order valence-corrected chi connectivity index (χ1v) is 12.7. The van der Waals surface area contributed by atoms with E-state index in [1.165, 1.54) is 19.3 Å². The van der Waals surface area contributed by atoms with E-state index in [2.05, 4.69) is 39.3 Å². The second-order valence-electron chi connectivity index (χ2n) is 9.94. The van der Waals surface area contributed by atoms with Crippen molar-refractivity contribution in [1.82, 2.24) is 30.1 Å². The van der Waals surface area contributed by atoms with Crippen LogP contribution in [0.25, 0.3) is 16.9 Å². The minimum Gasteiger partial charge on any atom is -0.350 e. The predicted molar refractivity (Wildman–Crippen MR) is 136 cm³/mol. The Bertz CT molecular complexity index is 1150. The van der Waals surface area contributed by atoms with Gasteiger partial charge < -0.3 is 10.6 Å². The van der Waals surface area contributed by atoms with Crippen molar-refractivity contribution in [1.29, 1.82) is 0 Å². The summed E-state index contributed by atoms with van der Waals surface area (Å²) >= 11 is 6.59. The number of fused-ring (bicyclic) bond motifs is 1. The van der Waals surface area contributed by atoms with E-state index >= 15 is 0 Å². The molecule has 1 aliphatic carbocycles. The number of aromatic nitrogens is 3. The molecule has 3 aromatic rings. The lowest BCUT2D eigenvalue weighted by atomic mass is 9.79. The monoisotopic (exact) mass is 480 g/mol. The van der Waals surface area contributed by atoms with Gasteiger partial charge in [-0.2, -0.15) is 0 Å². The van der Waals surface area contributed by atoms with E-state index in [9.17, 15) is 4.79 Å². The molecular formula is C26H33ClN6O. The van der Waals surface area contributed by atoms with Gasteiger partial charge in [0.05, 0.1) is 16.1 Å². The number of hydrogen-bond acceptors (Lipinski definition) is 5. The van der Waals surface area contributed by atoms with Gasteiger partial charge in [-0.1, -0.05) is 36.9 Å². The Kier molecular flexibility index (Phi) is 6.60. The summed E-state index contributed by atoms with van der Waals surface area (Å²) in [5.74, 6) is 0.412. The minimum absolute atomic E-state index is 0.00321.